The summed E-state index contributed by atoms with van der Waals surface area (Å²) >= 11 is 0. The maximum Gasteiger partial charge on any atom is 2.00 e. The summed E-state index contributed by atoms with van der Waals surface area (Å²) in [6, 6.07) is 0. The van der Waals surface area contributed by atoms with Crippen molar-refractivity contribution in [1.29, 1.82) is 0 Å². The van der Waals surface area contributed by atoms with E-state index in [4.69, 9.17) is 21.0 Å². The van der Waals surface area contributed by atoms with E-state index in [1.165, 1.54) is 0 Å². The summed E-state index contributed by atoms with van der Waals surface area (Å²) < 4.78 is 0. The van der Waals surface area contributed by atoms with E-state index in [1.807, 2.05) is 0 Å². The summed E-state index contributed by atoms with van der Waals surface area (Å²) in [6.45, 7) is 0. The second kappa shape index (κ2) is 52.9. The molecule has 0 unspecified atom stereocenters. The Bertz CT molecular complexity index is 9.65. The van der Waals surface area contributed by atoms with Gasteiger partial charge in [-0.15, -0.1) is 0 Å². The summed E-state index contributed by atoms with van der Waals surface area (Å²) in [5.41, 5.74) is 0. The van der Waals surface area contributed by atoms with Crippen LogP contribution in [0.2, 0.25) is 0 Å². The first-order valence-electron chi connectivity index (χ1n) is 0.400. The molecule has 0 saturated heterocycles. The van der Waals surface area contributed by atoms with Crippen molar-refractivity contribution in [3.8, 4) is 0 Å². The van der Waals surface area contributed by atoms with Gasteiger partial charge < -0.3 is 2.85 Å². The van der Waals surface area contributed by atoms with E-state index < -0.39 is 0 Å². The van der Waals surface area contributed by atoms with Crippen molar-refractivity contribution >= 4 is 48.9 Å². The van der Waals surface area contributed by atoms with Gasteiger partial charge in [-0.2, -0.15) is 0 Å². The van der Waals surface area contributed by atoms with Gasteiger partial charge in [0, 0.05) is 0 Å². The van der Waals surface area contributed by atoms with Gasteiger partial charge in [0.1, 0.15) is 0 Å². The van der Waals surface area contributed by atoms with Gasteiger partial charge >= 0.3 is 48.9 Å². The molecule has 0 saturated carbocycles. The van der Waals surface area contributed by atoms with Gasteiger partial charge in [0.2, 0.25) is 0 Å². The van der Waals surface area contributed by atoms with E-state index in [9.17, 15) is 0 Å². The van der Waals surface area contributed by atoms with Crippen molar-refractivity contribution in [1.82, 2.24) is 0 Å². The molecule has 0 fully saturated rings. The molecule has 32 valence electrons. The van der Waals surface area contributed by atoms with Gasteiger partial charge in [-0.25, -0.2) is 0 Å². The zero-order valence-corrected chi connectivity index (χ0v) is 6.94. The minimum absolute atomic E-state index is 0. The predicted molar refractivity (Wildman–Crippen MR) is 18.5 cm³/mol. The summed E-state index contributed by atoms with van der Waals surface area (Å²) in [5.74, 6) is 0. The van der Waals surface area contributed by atoms with E-state index in [-0.39, 0.29) is 51.7 Å². The zero-order valence-electron chi connectivity index (χ0n) is 4.50. The normalized spacial score (nSPS) is 2.40. The zero-order chi connectivity index (χ0) is 4.00. The largest absolute Gasteiger partial charge is 2.00 e. The molecule has 0 aromatic carbocycles. The Kier molecular flexibility index (Phi) is 171. The fourth-order valence-corrected chi connectivity index (χ4v) is 0. The molecule has 4 N–H and O–H groups in total. The van der Waals surface area contributed by atoms with E-state index in [0.29, 0.717) is 0 Å². The number of hydrogen-bond donors (Lipinski definition) is 4. The Morgan fingerprint density at radius 2 is 0.800 bits per heavy atom. The molecule has 0 bridgehead atoms. The first-order valence-corrected chi connectivity index (χ1v) is 0.400. The molecule has 0 radical (unpaired) electrons. The minimum atomic E-state index is 0. The van der Waals surface area contributed by atoms with E-state index in [0.717, 1.165) is 0 Å². The first-order chi connectivity index (χ1) is 2.00. The molecule has 0 aliphatic rings. The van der Waals surface area contributed by atoms with Crippen LogP contribution in [0.5, 0.6) is 0 Å². The summed E-state index contributed by atoms with van der Waals surface area (Å²) in [5, 5.41) is 24.0. The van der Waals surface area contributed by atoms with Crippen molar-refractivity contribution in [2.24, 2.45) is 0 Å². The van der Waals surface area contributed by atoms with E-state index in [2.05, 4.69) is 0 Å². The van der Waals surface area contributed by atoms with Crippen LogP contribution in [0.15, 0.2) is 0 Å². The van der Waals surface area contributed by atoms with Crippen molar-refractivity contribution in [3.63, 3.8) is 0 Å². The molecule has 0 amide bonds. The SMILES string of the molecule is OO.OO.[Ba+2].[H-].[H-]. The third kappa shape index (κ3) is 31.6. The Balaban J connectivity index is -0.00000000267. The van der Waals surface area contributed by atoms with Gasteiger partial charge in [0.25, 0.3) is 0 Å². The molecule has 0 aliphatic heterocycles. The second-order valence-corrected chi connectivity index (χ2v) is 0. The molecule has 0 aromatic heterocycles. The van der Waals surface area contributed by atoms with Crippen LogP contribution in [0, 0.1) is 0 Å². The van der Waals surface area contributed by atoms with Crippen molar-refractivity contribution in [3.05, 3.63) is 0 Å². The Morgan fingerprint density at radius 1 is 0.800 bits per heavy atom. The third-order valence-corrected chi connectivity index (χ3v) is 0. The number of hydrogen-bond acceptors (Lipinski definition) is 4. The average Bonchev–Trinajstić information content (AvgIpc) is 1.50. The third-order valence-electron chi connectivity index (χ3n) is 0. The van der Waals surface area contributed by atoms with Crippen molar-refractivity contribution in [2.75, 3.05) is 0 Å². The molecule has 0 heterocycles. The van der Waals surface area contributed by atoms with E-state index in [1.54, 1.807) is 0 Å². The van der Waals surface area contributed by atoms with Crippen LogP contribution in [-0.2, 0) is 0 Å². The molecule has 0 spiro atoms. The maximum atomic E-state index is 6.00. The predicted octanol–water partition coefficient (Wildman–Crippen LogP) is -0.121. The van der Waals surface area contributed by atoms with Gasteiger partial charge in [-0.3, -0.25) is 21.0 Å². The van der Waals surface area contributed by atoms with Crippen molar-refractivity contribution in [2.45, 2.75) is 0 Å². The standard InChI is InChI=1S/Ba.2H2O2.2H/c;2*1-2;;/h;2*1-2H;;/q+2;;;2*-1. The molecule has 0 aliphatic carbocycles. The van der Waals surface area contributed by atoms with Crippen LogP contribution in [0.25, 0.3) is 0 Å². The van der Waals surface area contributed by atoms with Crippen LogP contribution >= 0.6 is 0 Å². The molecule has 5 heteroatoms. The average molecular weight is 207 g/mol. The molecule has 0 atom stereocenters. The fraction of sp³-hybridized carbons (Fsp3) is 0. The smallest absolute Gasteiger partial charge is 1.00 e. The summed E-state index contributed by atoms with van der Waals surface area (Å²) in [7, 11) is 0. The maximum absolute atomic E-state index is 6.00. The van der Waals surface area contributed by atoms with Crippen LogP contribution in [-0.4, -0.2) is 69.9 Å². The molecule has 4 nitrogen and oxygen atoms in total. The van der Waals surface area contributed by atoms with Gasteiger partial charge in [-0.05, 0) is 0 Å². The summed E-state index contributed by atoms with van der Waals surface area (Å²) in [4.78, 5) is 0. The molecule has 5 heavy (non-hydrogen) atoms. The quantitative estimate of drug-likeness (QED) is 0.254. The topological polar surface area (TPSA) is 80.9 Å². The minimum Gasteiger partial charge on any atom is -1.00 e. The van der Waals surface area contributed by atoms with Crippen LogP contribution < -0.4 is 0 Å². The Labute approximate surface area is 72.0 Å². The number of rotatable bonds is 0. The van der Waals surface area contributed by atoms with Gasteiger partial charge in [-0.1, -0.05) is 0 Å². The Hall–Kier alpha value is 1.41. The molecule has 0 aromatic rings. The van der Waals surface area contributed by atoms with Gasteiger partial charge in [0.05, 0.1) is 0 Å². The molecular formula is H6BaO4. The van der Waals surface area contributed by atoms with Crippen molar-refractivity contribution < 1.29 is 23.9 Å². The molecular weight excluding hydrogens is 201 g/mol. The van der Waals surface area contributed by atoms with Crippen LogP contribution in [0.1, 0.15) is 2.85 Å². The Morgan fingerprint density at radius 3 is 0.800 bits per heavy atom. The summed E-state index contributed by atoms with van der Waals surface area (Å²) in [6.07, 6.45) is 0. The first kappa shape index (κ1) is 16.1. The van der Waals surface area contributed by atoms with Crippen LogP contribution in [0.4, 0.5) is 0 Å². The molecule has 0 rings (SSSR count). The monoisotopic (exact) mass is 208 g/mol. The van der Waals surface area contributed by atoms with Crippen LogP contribution in [0.3, 0.4) is 0 Å². The van der Waals surface area contributed by atoms with E-state index >= 15 is 0 Å². The fourth-order valence-electron chi connectivity index (χ4n) is 0. The second-order valence-electron chi connectivity index (χ2n) is 0. The van der Waals surface area contributed by atoms with Gasteiger partial charge in [0.15, 0.2) is 0 Å².